The lowest BCUT2D eigenvalue weighted by atomic mass is 10.2. The number of aliphatic imine (C=N–C) groups is 1. The molecule has 1 amide bonds. The van der Waals surface area contributed by atoms with E-state index in [2.05, 4.69) is 30.6 Å². The third-order valence-corrected chi connectivity index (χ3v) is 3.97. The Morgan fingerprint density at radius 2 is 1.96 bits per heavy atom. The number of benzene rings is 1. The van der Waals surface area contributed by atoms with E-state index < -0.39 is 6.09 Å². The highest BCUT2D eigenvalue weighted by Crippen LogP contribution is 2.10. The molecule has 8 nitrogen and oxygen atoms in total. The largest absolute Gasteiger partial charge is 0.453 e. The van der Waals surface area contributed by atoms with Gasteiger partial charge in [0.1, 0.15) is 0 Å². The van der Waals surface area contributed by atoms with Crippen LogP contribution in [-0.2, 0) is 16.0 Å². The van der Waals surface area contributed by atoms with Crippen molar-refractivity contribution in [3.05, 3.63) is 29.8 Å². The van der Waals surface area contributed by atoms with Crippen LogP contribution in [0.15, 0.2) is 29.3 Å². The Morgan fingerprint density at radius 3 is 2.62 bits per heavy atom. The van der Waals surface area contributed by atoms with Gasteiger partial charge in [0.25, 0.3) is 0 Å². The van der Waals surface area contributed by atoms with Gasteiger partial charge in [-0.3, -0.25) is 10.2 Å². The van der Waals surface area contributed by atoms with Crippen molar-refractivity contribution in [3.63, 3.8) is 0 Å². The molecule has 0 unspecified atom stereocenters. The molecule has 26 heavy (non-hydrogen) atoms. The van der Waals surface area contributed by atoms with Crippen molar-refractivity contribution in [2.75, 3.05) is 58.4 Å². The van der Waals surface area contributed by atoms with Crippen LogP contribution in [0.25, 0.3) is 0 Å². The summed E-state index contributed by atoms with van der Waals surface area (Å²) < 4.78 is 9.93. The van der Waals surface area contributed by atoms with Crippen LogP contribution in [0.3, 0.4) is 0 Å². The van der Waals surface area contributed by atoms with E-state index in [9.17, 15) is 4.79 Å². The second-order valence-electron chi connectivity index (χ2n) is 5.89. The standard InChI is InChI=1S/C18H29N5O3/c1-3-19-17(20-8-9-23-10-12-26-13-11-23)21-14-15-4-6-16(7-5-15)22-18(24)25-2/h4-7H,3,8-14H2,1-2H3,(H,22,24)(H2,19,20,21). The molecule has 1 aromatic rings. The molecule has 0 spiro atoms. The third kappa shape index (κ3) is 7.28. The van der Waals surface area contributed by atoms with E-state index in [1.807, 2.05) is 31.2 Å². The smallest absolute Gasteiger partial charge is 0.411 e. The summed E-state index contributed by atoms with van der Waals surface area (Å²) in [5, 5.41) is 9.25. The number of amides is 1. The zero-order valence-corrected chi connectivity index (χ0v) is 15.6. The van der Waals surface area contributed by atoms with Crippen molar-refractivity contribution in [2.24, 2.45) is 4.99 Å². The minimum atomic E-state index is -0.477. The molecular weight excluding hydrogens is 334 g/mol. The topological polar surface area (TPSA) is 87.2 Å². The van der Waals surface area contributed by atoms with E-state index in [1.54, 1.807) is 0 Å². The van der Waals surface area contributed by atoms with Crippen LogP contribution >= 0.6 is 0 Å². The van der Waals surface area contributed by atoms with Crippen molar-refractivity contribution < 1.29 is 14.3 Å². The lowest BCUT2D eigenvalue weighted by Crippen LogP contribution is -2.44. The molecule has 1 saturated heterocycles. The van der Waals surface area contributed by atoms with Crippen molar-refractivity contribution in [1.29, 1.82) is 0 Å². The summed E-state index contributed by atoms with van der Waals surface area (Å²) in [6, 6.07) is 7.54. The van der Waals surface area contributed by atoms with E-state index in [1.165, 1.54) is 7.11 Å². The monoisotopic (exact) mass is 363 g/mol. The van der Waals surface area contributed by atoms with E-state index in [4.69, 9.17) is 4.74 Å². The summed E-state index contributed by atoms with van der Waals surface area (Å²) in [7, 11) is 1.34. The highest BCUT2D eigenvalue weighted by Gasteiger charge is 2.09. The number of guanidine groups is 1. The summed E-state index contributed by atoms with van der Waals surface area (Å²) in [5.41, 5.74) is 1.76. The van der Waals surface area contributed by atoms with Gasteiger partial charge < -0.3 is 20.1 Å². The summed E-state index contributed by atoms with van der Waals surface area (Å²) in [6.45, 7) is 8.84. The van der Waals surface area contributed by atoms with Crippen molar-refractivity contribution >= 4 is 17.7 Å². The number of methoxy groups -OCH3 is 1. The molecular formula is C18H29N5O3. The van der Waals surface area contributed by atoms with E-state index in [0.29, 0.717) is 12.2 Å². The zero-order valence-electron chi connectivity index (χ0n) is 15.6. The molecule has 0 aromatic heterocycles. The van der Waals surface area contributed by atoms with Gasteiger partial charge in [-0.25, -0.2) is 9.79 Å². The van der Waals surface area contributed by atoms with E-state index in [0.717, 1.165) is 57.5 Å². The molecule has 0 saturated carbocycles. The highest BCUT2D eigenvalue weighted by molar-refractivity contribution is 5.84. The Bertz CT molecular complexity index is 571. The van der Waals surface area contributed by atoms with Crippen LogP contribution in [0.1, 0.15) is 12.5 Å². The molecule has 0 atom stereocenters. The van der Waals surface area contributed by atoms with Crippen LogP contribution in [-0.4, -0.2) is 70.0 Å². The molecule has 0 aliphatic carbocycles. The minimum Gasteiger partial charge on any atom is -0.453 e. The first-order valence-electron chi connectivity index (χ1n) is 8.97. The average molecular weight is 363 g/mol. The predicted molar refractivity (Wildman–Crippen MR) is 103 cm³/mol. The molecule has 2 rings (SSSR count). The van der Waals surface area contributed by atoms with Gasteiger partial charge in [0, 0.05) is 38.4 Å². The number of hydrogen-bond donors (Lipinski definition) is 3. The summed E-state index contributed by atoms with van der Waals surface area (Å²) in [5.74, 6) is 0.803. The van der Waals surface area contributed by atoms with Gasteiger partial charge in [-0.1, -0.05) is 12.1 Å². The lowest BCUT2D eigenvalue weighted by Gasteiger charge is -2.26. The Balaban J connectivity index is 1.80. The predicted octanol–water partition coefficient (Wildman–Crippen LogP) is 1.25. The van der Waals surface area contributed by atoms with Gasteiger partial charge in [0.2, 0.25) is 0 Å². The summed E-state index contributed by atoms with van der Waals surface area (Å²) in [6.07, 6.45) is -0.477. The first-order valence-corrected chi connectivity index (χ1v) is 8.97. The highest BCUT2D eigenvalue weighted by atomic mass is 16.5. The SMILES string of the molecule is CCNC(=NCc1ccc(NC(=O)OC)cc1)NCCN1CCOCC1. The fourth-order valence-electron chi connectivity index (χ4n) is 2.53. The Kier molecular flexibility index (Phi) is 8.71. The number of carbonyl (C=O) groups excluding carboxylic acids is 1. The number of carbonyl (C=O) groups is 1. The number of morpholine rings is 1. The molecule has 0 radical (unpaired) electrons. The van der Waals surface area contributed by atoms with Crippen molar-refractivity contribution in [1.82, 2.24) is 15.5 Å². The second-order valence-corrected chi connectivity index (χ2v) is 5.89. The van der Waals surface area contributed by atoms with Crippen molar-refractivity contribution in [2.45, 2.75) is 13.5 Å². The molecule has 1 heterocycles. The van der Waals surface area contributed by atoms with E-state index in [-0.39, 0.29) is 0 Å². The summed E-state index contributed by atoms with van der Waals surface area (Å²) in [4.78, 5) is 18.2. The molecule has 0 bridgehead atoms. The number of anilines is 1. The number of ether oxygens (including phenoxy) is 2. The second kappa shape index (κ2) is 11.3. The van der Waals surface area contributed by atoms with Crippen molar-refractivity contribution in [3.8, 4) is 0 Å². The first kappa shape index (κ1) is 20.0. The first-order chi connectivity index (χ1) is 12.7. The molecule has 144 valence electrons. The van der Waals surface area contributed by atoms with Crippen LogP contribution in [0.4, 0.5) is 10.5 Å². The number of nitrogens with zero attached hydrogens (tertiary/aromatic N) is 2. The minimum absolute atomic E-state index is 0.477. The Hall–Kier alpha value is -2.32. The number of rotatable bonds is 7. The van der Waals surface area contributed by atoms with Gasteiger partial charge >= 0.3 is 6.09 Å². The molecule has 3 N–H and O–H groups in total. The van der Waals surface area contributed by atoms with Crippen LogP contribution in [0.5, 0.6) is 0 Å². The van der Waals surface area contributed by atoms with Crippen LogP contribution < -0.4 is 16.0 Å². The van der Waals surface area contributed by atoms with Gasteiger partial charge in [-0.15, -0.1) is 0 Å². The Morgan fingerprint density at radius 1 is 1.23 bits per heavy atom. The molecule has 1 aliphatic rings. The average Bonchev–Trinajstić information content (AvgIpc) is 2.68. The lowest BCUT2D eigenvalue weighted by molar-refractivity contribution is 0.0389. The Labute approximate surface area is 154 Å². The number of nitrogens with one attached hydrogen (secondary N) is 3. The van der Waals surface area contributed by atoms with Gasteiger partial charge in [-0.05, 0) is 24.6 Å². The fourth-order valence-corrected chi connectivity index (χ4v) is 2.53. The maximum atomic E-state index is 11.2. The number of hydrogen-bond acceptors (Lipinski definition) is 5. The van der Waals surface area contributed by atoms with Gasteiger partial charge in [0.15, 0.2) is 5.96 Å². The molecule has 1 aliphatic heterocycles. The van der Waals surface area contributed by atoms with Gasteiger partial charge in [0.05, 0.1) is 26.9 Å². The normalized spacial score (nSPS) is 15.4. The molecule has 1 aromatic carbocycles. The maximum absolute atomic E-state index is 11.2. The third-order valence-electron chi connectivity index (χ3n) is 3.97. The quantitative estimate of drug-likeness (QED) is 0.499. The zero-order chi connectivity index (χ0) is 18.6. The summed E-state index contributed by atoms with van der Waals surface area (Å²) >= 11 is 0. The molecule has 8 heteroatoms. The van der Waals surface area contributed by atoms with Crippen LogP contribution in [0, 0.1) is 0 Å². The van der Waals surface area contributed by atoms with E-state index >= 15 is 0 Å². The fraction of sp³-hybridized carbons (Fsp3) is 0.556. The van der Waals surface area contributed by atoms with Crippen LogP contribution in [0.2, 0.25) is 0 Å². The van der Waals surface area contributed by atoms with Gasteiger partial charge in [-0.2, -0.15) is 0 Å². The maximum Gasteiger partial charge on any atom is 0.411 e. The molecule has 1 fully saturated rings.